The van der Waals surface area contributed by atoms with Gasteiger partial charge in [0.15, 0.2) is 6.39 Å². The highest BCUT2D eigenvalue weighted by molar-refractivity contribution is 5.12. The summed E-state index contributed by atoms with van der Waals surface area (Å²) in [5.74, 6) is 1.42. The molecule has 0 radical (unpaired) electrons. The SMILES string of the molecule is OCc1ncoc1C1CCCC1. The first kappa shape index (κ1) is 7.80. The summed E-state index contributed by atoms with van der Waals surface area (Å²) < 4.78 is 5.27. The van der Waals surface area contributed by atoms with Crippen LogP contribution in [0.2, 0.25) is 0 Å². The third kappa shape index (κ3) is 1.25. The maximum absolute atomic E-state index is 8.95. The van der Waals surface area contributed by atoms with Crippen molar-refractivity contribution in [3.63, 3.8) is 0 Å². The van der Waals surface area contributed by atoms with Gasteiger partial charge in [0.1, 0.15) is 11.5 Å². The van der Waals surface area contributed by atoms with E-state index in [0.29, 0.717) is 5.92 Å². The Morgan fingerprint density at radius 2 is 2.25 bits per heavy atom. The van der Waals surface area contributed by atoms with E-state index in [1.54, 1.807) is 0 Å². The molecule has 12 heavy (non-hydrogen) atoms. The van der Waals surface area contributed by atoms with Gasteiger partial charge in [-0.2, -0.15) is 0 Å². The van der Waals surface area contributed by atoms with Crippen molar-refractivity contribution in [1.82, 2.24) is 4.98 Å². The maximum atomic E-state index is 8.95. The van der Waals surface area contributed by atoms with Gasteiger partial charge in [0.2, 0.25) is 0 Å². The Kier molecular flexibility index (Phi) is 2.13. The standard InChI is InChI=1S/C9H13NO2/c11-5-8-9(12-6-10-8)7-3-1-2-4-7/h6-7,11H,1-5H2. The molecule has 0 saturated heterocycles. The highest BCUT2D eigenvalue weighted by atomic mass is 16.3. The number of aliphatic hydroxyl groups is 1. The summed E-state index contributed by atoms with van der Waals surface area (Å²) in [5.41, 5.74) is 0.724. The highest BCUT2D eigenvalue weighted by Gasteiger charge is 2.23. The Morgan fingerprint density at radius 3 is 2.92 bits per heavy atom. The van der Waals surface area contributed by atoms with E-state index >= 15 is 0 Å². The summed E-state index contributed by atoms with van der Waals surface area (Å²) in [6, 6.07) is 0. The second kappa shape index (κ2) is 3.27. The lowest BCUT2D eigenvalue weighted by molar-refractivity contribution is 0.272. The summed E-state index contributed by atoms with van der Waals surface area (Å²) in [7, 11) is 0. The minimum absolute atomic E-state index is 0.00231. The fourth-order valence-corrected chi connectivity index (χ4v) is 1.92. The molecule has 1 aliphatic carbocycles. The normalized spacial score (nSPS) is 18.8. The Morgan fingerprint density at radius 1 is 1.50 bits per heavy atom. The van der Waals surface area contributed by atoms with E-state index < -0.39 is 0 Å². The van der Waals surface area contributed by atoms with Crippen molar-refractivity contribution in [3.8, 4) is 0 Å². The summed E-state index contributed by atoms with van der Waals surface area (Å²) >= 11 is 0. The van der Waals surface area contributed by atoms with Gasteiger partial charge in [-0.3, -0.25) is 0 Å². The van der Waals surface area contributed by atoms with E-state index in [0.717, 1.165) is 11.5 Å². The first-order valence-corrected chi connectivity index (χ1v) is 4.45. The number of nitrogens with zero attached hydrogens (tertiary/aromatic N) is 1. The predicted molar refractivity (Wildman–Crippen MR) is 43.6 cm³/mol. The molecule has 1 aliphatic rings. The average Bonchev–Trinajstić information content (AvgIpc) is 2.74. The molecular formula is C9H13NO2. The Balaban J connectivity index is 2.19. The Hall–Kier alpha value is -0.830. The molecule has 0 spiro atoms. The van der Waals surface area contributed by atoms with Crippen LogP contribution < -0.4 is 0 Å². The summed E-state index contributed by atoms with van der Waals surface area (Å²) in [6.45, 7) is 0.00231. The van der Waals surface area contributed by atoms with Crippen molar-refractivity contribution >= 4 is 0 Å². The molecule has 3 heteroatoms. The highest BCUT2D eigenvalue weighted by Crippen LogP contribution is 2.35. The Bertz CT molecular complexity index is 251. The molecule has 1 saturated carbocycles. The smallest absolute Gasteiger partial charge is 0.181 e. The third-order valence-electron chi connectivity index (χ3n) is 2.55. The van der Waals surface area contributed by atoms with E-state index in [2.05, 4.69) is 4.98 Å². The minimum atomic E-state index is 0.00231. The number of aliphatic hydroxyl groups excluding tert-OH is 1. The van der Waals surface area contributed by atoms with E-state index in [-0.39, 0.29) is 6.61 Å². The fraction of sp³-hybridized carbons (Fsp3) is 0.667. The molecule has 1 aromatic rings. The number of oxazole rings is 1. The Labute approximate surface area is 71.4 Å². The van der Waals surface area contributed by atoms with Crippen molar-refractivity contribution < 1.29 is 9.52 Å². The van der Waals surface area contributed by atoms with Gasteiger partial charge in [-0.25, -0.2) is 4.98 Å². The summed E-state index contributed by atoms with van der Waals surface area (Å²) in [6.07, 6.45) is 6.34. The monoisotopic (exact) mass is 167 g/mol. The van der Waals surface area contributed by atoms with Crippen LogP contribution in [0.1, 0.15) is 43.1 Å². The molecule has 1 aromatic heterocycles. The number of rotatable bonds is 2. The lowest BCUT2D eigenvalue weighted by Crippen LogP contribution is -1.96. The van der Waals surface area contributed by atoms with Gasteiger partial charge in [0.05, 0.1) is 6.61 Å². The zero-order valence-electron chi connectivity index (χ0n) is 6.99. The number of aromatic nitrogens is 1. The second-order valence-electron chi connectivity index (χ2n) is 3.30. The second-order valence-corrected chi connectivity index (χ2v) is 3.30. The summed E-state index contributed by atoms with van der Waals surface area (Å²) in [4.78, 5) is 3.96. The van der Waals surface area contributed by atoms with Gasteiger partial charge in [-0.05, 0) is 12.8 Å². The zero-order chi connectivity index (χ0) is 8.39. The van der Waals surface area contributed by atoms with Crippen LogP contribution in [-0.4, -0.2) is 10.1 Å². The van der Waals surface area contributed by atoms with E-state index in [4.69, 9.17) is 9.52 Å². The van der Waals surface area contributed by atoms with Crippen molar-refractivity contribution in [2.45, 2.75) is 38.2 Å². The molecule has 0 aliphatic heterocycles. The first-order valence-electron chi connectivity index (χ1n) is 4.45. The number of hydrogen-bond donors (Lipinski definition) is 1. The van der Waals surface area contributed by atoms with E-state index in [9.17, 15) is 0 Å². The lowest BCUT2D eigenvalue weighted by atomic mass is 10.0. The third-order valence-corrected chi connectivity index (χ3v) is 2.55. The zero-order valence-corrected chi connectivity index (χ0v) is 6.99. The van der Waals surface area contributed by atoms with Gasteiger partial charge < -0.3 is 9.52 Å². The molecule has 1 heterocycles. The average molecular weight is 167 g/mol. The van der Waals surface area contributed by atoms with E-state index in [1.807, 2.05) is 0 Å². The maximum Gasteiger partial charge on any atom is 0.181 e. The predicted octanol–water partition coefficient (Wildman–Crippen LogP) is 1.82. The lowest BCUT2D eigenvalue weighted by Gasteiger charge is -2.04. The molecule has 0 bridgehead atoms. The molecule has 0 aromatic carbocycles. The topological polar surface area (TPSA) is 46.3 Å². The quantitative estimate of drug-likeness (QED) is 0.730. The molecule has 0 amide bonds. The molecule has 1 N–H and O–H groups in total. The molecule has 0 unspecified atom stereocenters. The molecule has 2 rings (SSSR count). The van der Waals surface area contributed by atoms with Crippen molar-refractivity contribution in [3.05, 3.63) is 17.8 Å². The fourth-order valence-electron chi connectivity index (χ4n) is 1.92. The minimum Gasteiger partial charge on any atom is -0.448 e. The van der Waals surface area contributed by atoms with Crippen LogP contribution >= 0.6 is 0 Å². The van der Waals surface area contributed by atoms with Crippen molar-refractivity contribution in [2.24, 2.45) is 0 Å². The molecular weight excluding hydrogens is 154 g/mol. The molecule has 1 fully saturated rings. The van der Waals surface area contributed by atoms with Crippen LogP contribution in [0.4, 0.5) is 0 Å². The van der Waals surface area contributed by atoms with Crippen LogP contribution in [0, 0.1) is 0 Å². The van der Waals surface area contributed by atoms with Crippen LogP contribution in [0.3, 0.4) is 0 Å². The van der Waals surface area contributed by atoms with Crippen LogP contribution in [0.25, 0.3) is 0 Å². The molecule has 66 valence electrons. The van der Waals surface area contributed by atoms with Crippen LogP contribution in [-0.2, 0) is 6.61 Å². The molecule has 3 nitrogen and oxygen atoms in total. The van der Waals surface area contributed by atoms with E-state index in [1.165, 1.54) is 32.1 Å². The first-order chi connectivity index (χ1) is 5.92. The summed E-state index contributed by atoms with van der Waals surface area (Å²) in [5, 5.41) is 8.95. The van der Waals surface area contributed by atoms with Gasteiger partial charge in [-0.1, -0.05) is 12.8 Å². The van der Waals surface area contributed by atoms with Gasteiger partial charge >= 0.3 is 0 Å². The van der Waals surface area contributed by atoms with Crippen molar-refractivity contribution in [1.29, 1.82) is 0 Å². The number of hydrogen-bond acceptors (Lipinski definition) is 3. The van der Waals surface area contributed by atoms with Gasteiger partial charge in [0.25, 0.3) is 0 Å². The van der Waals surface area contributed by atoms with Gasteiger partial charge in [0, 0.05) is 5.92 Å². The molecule has 0 atom stereocenters. The van der Waals surface area contributed by atoms with Crippen molar-refractivity contribution in [2.75, 3.05) is 0 Å². The van der Waals surface area contributed by atoms with Gasteiger partial charge in [-0.15, -0.1) is 0 Å². The van der Waals surface area contributed by atoms with Crippen LogP contribution in [0.5, 0.6) is 0 Å². The van der Waals surface area contributed by atoms with Crippen LogP contribution in [0.15, 0.2) is 10.8 Å². The largest absolute Gasteiger partial charge is 0.448 e.